The van der Waals surface area contributed by atoms with Crippen molar-refractivity contribution in [3.8, 4) is 11.3 Å². The number of rotatable bonds is 10. The number of aliphatic hydroxyl groups excluding tert-OH is 1. The first-order valence-electron chi connectivity index (χ1n) is 13.9. The van der Waals surface area contributed by atoms with E-state index < -0.39 is 5.60 Å². The maximum atomic E-state index is 14.2. The number of imidazole rings is 1. The molecule has 2 fully saturated rings. The lowest BCUT2D eigenvalue weighted by atomic mass is 9.80. The molecule has 11 nitrogen and oxygen atoms in total. The third-order valence-corrected chi connectivity index (χ3v) is 7.99. The third kappa shape index (κ3) is 5.91. The van der Waals surface area contributed by atoms with Gasteiger partial charge in [-0.3, -0.25) is 9.48 Å². The molecule has 0 spiro atoms. The van der Waals surface area contributed by atoms with Crippen LogP contribution in [-0.2, 0) is 17.7 Å². The van der Waals surface area contributed by atoms with Gasteiger partial charge in [-0.15, -0.1) is 5.10 Å². The lowest BCUT2D eigenvalue weighted by Gasteiger charge is -2.41. The fraction of sp³-hybridized carbons (Fsp3) is 0.571. The Morgan fingerprint density at radius 2 is 2.10 bits per heavy atom. The number of hydrogen-bond donors (Lipinski definition) is 3. The first kappa shape index (κ1) is 27.4. The van der Waals surface area contributed by atoms with Crippen LogP contribution in [0, 0.1) is 0 Å². The average molecular weight is 538 g/mol. The Hall–Kier alpha value is -3.12. The molecule has 0 bridgehead atoms. The van der Waals surface area contributed by atoms with Gasteiger partial charge in [-0.25, -0.2) is 4.98 Å². The molecule has 1 saturated carbocycles. The van der Waals surface area contributed by atoms with Gasteiger partial charge in [0.15, 0.2) is 5.69 Å². The van der Waals surface area contributed by atoms with E-state index in [9.17, 15) is 9.90 Å². The number of aryl methyl sites for hydroxylation is 1. The van der Waals surface area contributed by atoms with Crippen LogP contribution in [0.25, 0.3) is 11.3 Å². The quantitative estimate of drug-likeness (QED) is 0.356. The van der Waals surface area contributed by atoms with E-state index in [4.69, 9.17) is 14.8 Å². The Morgan fingerprint density at radius 1 is 1.26 bits per heavy atom. The minimum absolute atomic E-state index is 0.0354. The van der Waals surface area contributed by atoms with E-state index in [1.165, 1.54) is 0 Å². The first-order valence-corrected chi connectivity index (χ1v) is 13.9. The molecule has 3 atom stereocenters. The molecule has 3 aromatic rings. The summed E-state index contributed by atoms with van der Waals surface area (Å²) in [7, 11) is 1.61. The van der Waals surface area contributed by atoms with Crippen LogP contribution in [0.15, 0.2) is 42.9 Å². The van der Waals surface area contributed by atoms with Gasteiger partial charge in [0.1, 0.15) is 5.60 Å². The standard InChI is InChI=1S/C28H39N7O4/c1-39-19-28(38)12-6-5-9-24(28)35-20-30-25(26(35)21-7-3-2-4-8-21)27(37)34-15-13-29-17-23(34)10-14-33-18-22(11-16-36)31-32-33/h2-4,7-8,18,20,23-24,29,36,38H,5-6,9-17,19H2,1H3/t23-,24-,28-/m1/s1. The molecule has 1 saturated heterocycles. The van der Waals surface area contributed by atoms with Gasteiger partial charge < -0.3 is 29.7 Å². The molecule has 1 aromatic carbocycles. The van der Waals surface area contributed by atoms with Crippen molar-refractivity contribution in [3.05, 3.63) is 54.2 Å². The van der Waals surface area contributed by atoms with Crippen LogP contribution < -0.4 is 5.32 Å². The lowest BCUT2D eigenvalue weighted by molar-refractivity contribution is -0.0893. The summed E-state index contributed by atoms with van der Waals surface area (Å²) in [6.07, 6.45) is 8.11. The summed E-state index contributed by atoms with van der Waals surface area (Å²) in [5, 5.41) is 32.4. The Bertz CT molecular complexity index is 1230. The van der Waals surface area contributed by atoms with Crippen LogP contribution in [0.2, 0.25) is 0 Å². The predicted octanol–water partition coefficient (Wildman–Crippen LogP) is 1.67. The number of nitrogens with one attached hydrogen (secondary N) is 1. The first-order chi connectivity index (χ1) is 19.0. The summed E-state index contributed by atoms with van der Waals surface area (Å²) in [5.41, 5.74) is 1.77. The summed E-state index contributed by atoms with van der Waals surface area (Å²) >= 11 is 0. The SMILES string of the molecule is COC[C@]1(O)CCCC[C@H]1n1cnc(C(=O)N2CCNC[C@H]2CCn2cc(CCO)nn2)c1-c1ccccc1. The van der Waals surface area contributed by atoms with E-state index >= 15 is 0 Å². The molecule has 39 heavy (non-hydrogen) atoms. The maximum absolute atomic E-state index is 14.2. The monoisotopic (exact) mass is 537 g/mol. The van der Waals surface area contributed by atoms with Gasteiger partial charge >= 0.3 is 0 Å². The van der Waals surface area contributed by atoms with Crippen LogP contribution in [0.4, 0.5) is 0 Å². The number of carbonyl (C=O) groups is 1. The number of hydrogen-bond acceptors (Lipinski definition) is 8. The molecule has 1 aliphatic heterocycles. The van der Waals surface area contributed by atoms with Crippen molar-refractivity contribution >= 4 is 5.91 Å². The molecule has 2 aromatic heterocycles. The molecule has 0 radical (unpaired) electrons. The van der Waals surface area contributed by atoms with Crippen molar-refractivity contribution < 1.29 is 19.7 Å². The van der Waals surface area contributed by atoms with Gasteiger partial charge in [-0.05, 0) is 19.3 Å². The molecule has 210 valence electrons. The van der Waals surface area contributed by atoms with Crippen LogP contribution in [0.1, 0.15) is 54.3 Å². The van der Waals surface area contributed by atoms with Crippen molar-refractivity contribution in [2.45, 2.75) is 62.8 Å². The number of carbonyl (C=O) groups excluding carboxylic acids is 1. The Balaban J connectivity index is 1.44. The molecule has 2 aliphatic rings. The largest absolute Gasteiger partial charge is 0.396 e. The number of nitrogens with zero attached hydrogens (tertiary/aromatic N) is 6. The fourth-order valence-corrected chi connectivity index (χ4v) is 6.04. The Morgan fingerprint density at radius 3 is 2.90 bits per heavy atom. The van der Waals surface area contributed by atoms with Crippen LogP contribution in [0.5, 0.6) is 0 Å². The molecule has 11 heteroatoms. The number of piperazine rings is 1. The summed E-state index contributed by atoms with van der Waals surface area (Å²) in [6, 6.07) is 9.58. The molecule has 1 amide bonds. The van der Waals surface area contributed by atoms with E-state index in [1.807, 2.05) is 46.0 Å². The third-order valence-electron chi connectivity index (χ3n) is 7.99. The minimum Gasteiger partial charge on any atom is -0.396 e. The number of methoxy groups -OCH3 is 1. The van der Waals surface area contributed by atoms with Crippen LogP contribution >= 0.6 is 0 Å². The van der Waals surface area contributed by atoms with Crippen molar-refractivity contribution in [1.29, 1.82) is 0 Å². The highest BCUT2D eigenvalue weighted by molar-refractivity contribution is 5.98. The van der Waals surface area contributed by atoms with E-state index in [0.717, 1.165) is 36.2 Å². The lowest BCUT2D eigenvalue weighted by Crippen LogP contribution is -2.54. The number of aliphatic hydroxyl groups is 2. The van der Waals surface area contributed by atoms with E-state index in [0.29, 0.717) is 51.1 Å². The van der Waals surface area contributed by atoms with Crippen LogP contribution in [-0.4, -0.2) is 97.2 Å². The molecular formula is C28H39N7O4. The zero-order valence-corrected chi connectivity index (χ0v) is 22.6. The number of ether oxygens (including phenoxy) is 1. The second kappa shape index (κ2) is 12.4. The van der Waals surface area contributed by atoms with Gasteiger partial charge in [0.25, 0.3) is 5.91 Å². The van der Waals surface area contributed by atoms with Gasteiger partial charge in [0, 0.05) is 64.1 Å². The van der Waals surface area contributed by atoms with Crippen molar-refractivity contribution in [1.82, 2.24) is 34.8 Å². The maximum Gasteiger partial charge on any atom is 0.275 e. The van der Waals surface area contributed by atoms with Gasteiger partial charge in [0.2, 0.25) is 0 Å². The normalized spacial score (nSPS) is 23.7. The zero-order valence-electron chi connectivity index (χ0n) is 22.6. The van der Waals surface area contributed by atoms with Crippen molar-refractivity contribution in [3.63, 3.8) is 0 Å². The average Bonchev–Trinajstić information content (AvgIpc) is 3.60. The molecule has 5 rings (SSSR count). The zero-order chi connectivity index (χ0) is 27.2. The topological polar surface area (TPSA) is 131 Å². The highest BCUT2D eigenvalue weighted by atomic mass is 16.5. The summed E-state index contributed by atoms with van der Waals surface area (Å²) in [4.78, 5) is 20.8. The number of aromatic nitrogens is 5. The summed E-state index contributed by atoms with van der Waals surface area (Å²) in [6.45, 7) is 2.85. The molecule has 3 heterocycles. The molecule has 3 N–H and O–H groups in total. The molecule has 0 unspecified atom stereocenters. The predicted molar refractivity (Wildman–Crippen MR) is 145 cm³/mol. The van der Waals surface area contributed by atoms with E-state index in [2.05, 4.69) is 15.6 Å². The fourth-order valence-electron chi connectivity index (χ4n) is 6.04. The highest BCUT2D eigenvalue weighted by Gasteiger charge is 2.42. The number of benzene rings is 1. The highest BCUT2D eigenvalue weighted by Crippen LogP contribution is 2.41. The Kier molecular flexibility index (Phi) is 8.71. The van der Waals surface area contributed by atoms with E-state index in [1.54, 1.807) is 18.1 Å². The van der Waals surface area contributed by atoms with Gasteiger partial charge in [-0.2, -0.15) is 0 Å². The second-order valence-corrected chi connectivity index (χ2v) is 10.6. The second-order valence-electron chi connectivity index (χ2n) is 10.6. The Labute approximate surface area is 228 Å². The summed E-state index contributed by atoms with van der Waals surface area (Å²) < 4.78 is 9.21. The van der Waals surface area contributed by atoms with Crippen LogP contribution in [0.3, 0.4) is 0 Å². The minimum atomic E-state index is -1.03. The number of amides is 1. The smallest absolute Gasteiger partial charge is 0.275 e. The molecule has 1 aliphatic carbocycles. The van der Waals surface area contributed by atoms with Crippen molar-refractivity contribution in [2.24, 2.45) is 0 Å². The molecular weight excluding hydrogens is 498 g/mol. The van der Waals surface area contributed by atoms with Gasteiger partial charge in [-0.1, -0.05) is 48.4 Å². The van der Waals surface area contributed by atoms with Crippen molar-refractivity contribution in [2.75, 3.05) is 40.0 Å². The van der Waals surface area contributed by atoms with Gasteiger partial charge in [0.05, 0.1) is 30.4 Å². The van der Waals surface area contributed by atoms with E-state index in [-0.39, 0.29) is 31.2 Å². The summed E-state index contributed by atoms with van der Waals surface area (Å²) in [5.74, 6) is -0.107.